The molecule has 1 aliphatic heterocycles. The highest BCUT2D eigenvalue weighted by Gasteiger charge is 2.27. The summed E-state index contributed by atoms with van der Waals surface area (Å²) in [5.74, 6) is 0. The monoisotopic (exact) mass is 375 g/mol. The molecular formula is C17H26BN5O4. The zero-order valence-corrected chi connectivity index (χ0v) is 16.2. The van der Waals surface area contributed by atoms with Gasteiger partial charge in [0, 0.05) is 36.8 Å². The van der Waals surface area contributed by atoms with Gasteiger partial charge in [0.1, 0.15) is 5.60 Å². The van der Waals surface area contributed by atoms with Crippen molar-refractivity contribution in [3.63, 3.8) is 0 Å². The van der Waals surface area contributed by atoms with Crippen LogP contribution in [0.15, 0.2) is 17.2 Å². The van der Waals surface area contributed by atoms with Gasteiger partial charge >= 0.3 is 13.2 Å². The number of nitrogens with zero attached hydrogens (tertiary/aromatic N) is 5. The number of carbonyl (C=O) groups is 1. The minimum Gasteiger partial charge on any atom is -0.444 e. The van der Waals surface area contributed by atoms with Crippen molar-refractivity contribution in [2.24, 2.45) is 5.11 Å². The zero-order valence-electron chi connectivity index (χ0n) is 16.2. The molecule has 1 fully saturated rings. The fourth-order valence-corrected chi connectivity index (χ4v) is 2.98. The predicted octanol–water partition coefficient (Wildman–Crippen LogP) is 1.54. The summed E-state index contributed by atoms with van der Waals surface area (Å²) >= 11 is 0. The molecule has 2 rings (SSSR count). The highest BCUT2D eigenvalue weighted by Crippen LogP contribution is 2.21. The fraction of sp³-hybridized carbons (Fsp3) is 0.588. The third-order valence-corrected chi connectivity index (χ3v) is 4.42. The van der Waals surface area contributed by atoms with E-state index >= 15 is 0 Å². The van der Waals surface area contributed by atoms with E-state index in [9.17, 15) is 14.8 Å². The van der Waals surface area contributed by atoms with E-state index in [0.29, 0.717) is 37.2 Å². The minimum atomic E-state index is -1.61. The summed E-state index contributed by atoms with van der Waals surface area (Å²) in [6, 6.07) is 3.61. The number of anilines is 1. The Labute approximate surface area is 159 Å². The van der Waals surface area contributed by atoms with Gasteiger partial charge in [-0.05, 0) is 61.9 Å². The van der Waals surface area contributed by atoms with Crippen LogP contribution in [0.1, 0.15) is 31.9 Å². The van der Waals surface area contributed by atoms with Gasteiger partial charge in [-0.2, -0.15) is 0 Å². The maximum absolute atomic E-state index is 12.2. The third-order valence-electron chi connectivity index (χ3n) is 4.42. The van der Waals surface area contributed by atoms with E-state index < -0.39 is 12.7 Å². The van der Waals surface area contributed by atoms with Gasteiger partial charge < -0.3 is 24.6 Å². The Hall–Kier alpha value is -2.42. The summed E-state index contributed by atoms with van der Waals surface area (Å²) < 4.78 is 5.40. The first kappa shape index (κ1) is 20.9. The molecule has 1 amide bonds. The van der Waals surface area contributed by atoms with Gasteiger partial charge in [0.05, 0.1) is 6.54 Å². The molecule has 0 bridgehead atoms. The molecule has 2 N–H and O–H groups in total. The first-order valence-corrected chi connectivity index (χ1v) is 8.85. The molecule has 1 heterocycles. The second-order valence-corrected chi connectivity index (χ2v) is 7.54. The van der Waals surface area contributed by atoms with Crippen LogP contribution in [-0.2, 0) is 11.3 Å². The van der Waals surface area contributed by atoms with Crippen molar-refractivity contribution in [2.75, 3.05) is 31.1 Å². The smallest absolute Gasteiger partial charge is 0.444 e. The van der Waals surface area contributed by atoms with Gasteiger partial charge in [0.25, 0.3) is 0 Å². The number of rotatable bonds is 4. The molecule has 1 aromatic carbocycles. The van der Waals surface area contributed by atoms with E-state index in [1.165, 1.54) is 0 Å². The normalized spacial score (nSPS) is 14.6. The second-order valence-electron chi connectivity index (χ2n) is 7.54. The predicted molar refractivity (Wildman–Crippen MR) is 104 cm³/mol. The minimum absolute atomic E-state index is 0.133. The Bertz CT molecular complexity index is 736. The zero-order chi connectivity index (χ0) is 20.2. The Kier molecular flexibility index (Phi) is 6.59. The van der Waals surface area contributed by atoms with Gasteiger partial charge in [0.2, 0.25) is 0 Å². The summed E-state index contributed by atoms with van der Waals surface area (Å²) in [7, 11) is -1.61. The second kappa shape index (κ2) is 8.52. The molecule has 1 aliphatic rings. The quantitative estimate of drug-likeness (QED) is 0.358. The lowest BCUT2D eigenvalue weighted by Gasteiger charge is -2.37. The van der Waals surface area contributed by atoms with Crippen LogP contribution in [0.25, 0.3) is 10.4 Å². The number of ether oxygens (including phenoxy) is 1. The number of carbonyl (C=O) groups excluding carboxylic acids is 1. The summed E-state index contributed by atoms with van der Waals surface area (Å²) in [5, 5.41) is 22.9. The topological polar surface area (TPSA) is 122 Å². The molecule has 0 atom stereocenters. The summed E-state index contributed by atoms with van der Waals surface area (Å²) in [4.78, 5) is 18.7. The average Bonchev–Trinajstić information content (AvgIpc) is 2.59. The largest absolute Gasteiger partial charge is 0.488 e. The number of amides is 1. The molecule has 146 valence electrons. The fourth-order valence-electron chi connectivity index (χ4n) is 2.98. The maximum Gasteiger partial charge on any atom is 0.488 e. The molecule has 10 heteroatoms. The number of hydrogen-bond donors (Lipinski definition) is 2. The van der Waals surface area contributed by atoms with Gasteiger partial charge in [-0.1, -0.05) is 5.11 Å². The van der Waals surface area contributed by atoms with Gasteiger partial charge in [-0.3, -0.25) is 0 Å². The van der Waals surface area contributed by atoms with Gasteiger partial charge in [-0.25, -0.2) is 4.79 Å². The molecule has 0 radical (unpaired) electrons. The van der Waals surface area contributed by atoms with Crippen LogP contribution in [0.4, 0.5) is 10.5 Å². The molecule has 0 spiro atoms. The van der Waals surface area contributed by atoms with Crippen LogP contribution in [0.3, 0.4) is 0 Å². The summed E-state index contributed by atoms with van der Waals surface area (Å²) in [6.07, 6.45) is -0.332. The van der Waals surface area contributed by atoms with E-state index in [-0.39, 0.29) is 12.6 Å². The van der Waals surface area contributed by atoms with E-state index in [2.05, 4.69) is 14.9 Å². The van der Waals surface area contributed by atoms with Gasteiger partial charge in [-0.15, -0.1) is 0 Å². The van der Waals surface area contributed by atoms with Crippen LogP contribution in [-0.4, -0.2) is 59.9 Å². The lowest BCUT2D eigenvalue weighted by Crippen LogP contribution is -2.50. The van der Waals surface area contributed by atoms with Crippen molar-refractivity contribution in [1.82, 2.24) is 4.90 Å². The van der Waals surface area contributed by atoms with E-state index in [1.54, 1.807) is 17.9 Å². The standard InChI is InChI=1S/C17H26BN5O4/c1-12-13(11-20-21-19)9-14(10-15(12)18(25)26)22-5-7-23(8-6-22)16(24)27-17(2,3)4/h9-10,25-26H,5-8,11H2,1-4H3. The number of piperazine rings is 1. The van der Waals surface area contributed by atoms with Crippen molar-refractivity contribution in [3.05, 3.63) is 33.7 Å². The molecule has 1 saturated heterocycles. The lowest BCUT2D eigenvalue weighted by atomic mass is 9.75. The average molecular weight is 375 g/mol. The molecule has 1 aromatic rings. The lowest BCUT2D eigenvalue weighted by molar-refractivity contribution is 0.0240. The van der Waals surface area contributed by atoms with Crippen LogP contribution >= 0.6 is 0 Å². The highest BCUT2D eigenvalue weighted by molar-refractivity contribution is 6.59. The summed E-state index contributed by atoms with van der Waals surface area (Å²) in [5.41, 5.74) is 10.7. The maximum atomic E-state index is 12.2. The van der Waals surface area contributed by atoms with Crippen LogP contribution in [0.5, 0.6) is 0 Å². The molecule has 0 aromatic heterocycles. The van der Waals surface area contributed by atoms with E-state index in [1.807, 2.05) is 26.8 Å². The third kappa shape index (κ3) is 5.53. The van der Waals surface area contributed by atoms with Crippen LogP contribution in [0.2, 0.25) is 0 Å². The Morgan fingerprint density at radius 1 is 1.30 bits per heavy atom. The first-order chi connectivity index (χ1) is 12.6. The Morgan fingerprint density at radius 3 is 2.44 bits per heavy atom. The molecule has 9 nitrogen and oxygen atoms in total. The number of azide groups is 1. The SMILES string of the molecule is Cc1c(CN=[N+]=[N-])cc(N2CCN(C(=O)OC(C)(C)C)CC2)cc1B(O)O. The highest BCUT2D eigenvalue weighted by atomic mass is 16.6. The number of benzene rings is 1. The van der Waals surface area contributed by atoms with E-state index in [0.717, 1.165) is 11.3 Å². The Morgan fingerprint density at radius 2 is 1.93 bits per heavy atom. The van der Waals surface area contributed by atoms with Crippen molar-refractivity contribution in [2.45, 2.75) is 39.8 Å². The molecular weight excluding hydrogens is 349 g/mol. The molecule has 27 heavy (non-hydrogen) atoms. The Balaban J connectivity index is 2.16. The van der Waals surface area contributed by atoms with Gasteiger partial charge in [0.15, 0.2) is 0 Å². The summed E-state index contributed by atoms with van der Waals surface area (Å²) in [6.45, 7) is 9.59. The van der Waals surface area contributed by atoms with Crippen LogP contribution < -0.4 is 10.4 Å². The van der Waals surface area contributed by atoms with Crippen molar-refractivity contribution in [3.8, 4) is 0 Å². The van der Waals surface area contributed by atoms with Crippen LogP contribution in [0, 0.1) is 6.92 Å². The molecule has 0 saturated carbocycles. The molecule has 0 aliphatic carbocycles. The van der Waals surface area contributed by atoms with Crippen molar-refractivity contribution >= 4 is 24.4 Å². The van der Waals surface area contributed by atoms with Crippen molar-refractivity contribution < 1.29 is 19.6 Å². The first-order valence-electron chi connectivity index (χ1n) is 8.85. The number of hydrogen-bond acceptors (Lipinski definition) is 6. The molecule has 0 unspecified atom stereocenters. The van der Waals surface area contributed by atoms with Crippen molar-refractivity contribution in [1.29, 1.82) is 0 Å². The van der Waals surface area contributed by atoms with E-state index in [4.69, 9.17) is 10.3 Å².